The number of carbonyl (C=O) groups is 1. The summed E-state index contributed by atoms with van der Waals surface area (Å²) in [6, 6.07) is 5.38. The summed E-state index contributed by atoms with van der Waals surface area (Å²) in [6.45, 7) is 0.551. The zero-order valence-electron chi connectivity index (χ0n) is 17.1. The standard InChI is InChI=1S/C20H22F4N4O2S2/c1-32(30)10-6-13(7-11-32)17(29)28-9-8-27(19-26-25-18(31-19)20(22,23)24)12-16(28)14-4-2-3-5-15(14)21/h2-5,13,16H,1,6-12H2. The molecule has 32 heavy (non-hydrogen) atoms. The van der Waals surface area contributed by atoms with Gasteiger partial charge in [0.25, 0.3) is 0 Å². The van der Waals surface area contributed by atoms with Gasteiger partial charge in [0.05, 0.1) is 6.04 Å². The molecular formula is C20H22F4N4O2S2. The third kappa shape index (κ3) is 4.75. The molecule has 0 aliphatic carbocycles. The molecule has 4 rings (SSSR count). The van der Waals surface area contributed by atoms with Crippen LogP contribution in [0.1, 0.15) is 29.5 Å². The van der Waals surface area contributed by atoms with Gasteiger partial charge in [0.2, 0.25) is 16.0 Å². The molecule has 1 amide bonds. The number of rotatable bonds is 3. The van der Waals surface area contributed by atoms with E-state index in [0.29, 0.717) is 41.2 Å². The summed E-state index contributed by atoms with van der Waals surface area (Å²) < 4.78 is 65.7. The fraction of sp³-hybridized carbons (Fsp3) is 0.500. The van der Waals surface area contributed by atoms with E-state index in [-0.39, 0.29) is 36.6 Å². The molecule has 2 aromatic rings. The minimum atomic E-state index is -4.59. The summed E-state index contributed by atoms with van der Waals surface area (Å²) in [5, 5.41) is 5.94. The fourth-order valence-corrected chi connectivity index (χ4v) is 6.51. The molecule has 0 spiro atoms. The van der Waals surface area contributed by atoms with E-state index in [2.05, 4.69) is 16.1 Å². The van der Waals surface area contributed by atoms with Gasteiger partial charge in [0, 0.05) is 42.6 Å². The second kappa shape index (κ2) is 8.62. The molecular weight excluding hydrogens is 468 g/mol. The Morgan fingerprint density at radius 1 is 1.16 bits per heavy atom. The van der Waals surface area contributed by atoms with Crippen LogP contribution in [0.3, 0.4) is 0 Å². The number of piperazine rings is 1. The lowest BCUT2D eigenvalue weighted by atomic mass is 9.96. The van der Waals surface area contributed by atoms with Gasteiger partial charge in [-0.3, -0.25) is 9.00 Å². The van der Waals surface area contributed by atoms with Gasteiger partial charge in [0.1, 0.15) is 5.82 Å². The second-order valence-corrected chi connectivity index (χ2v) is 11.8. The van der Waals surface area contributed by atoms with Gasteiger partial charge >= 0.3 is 6.18 Å². The zero-order chi connectivity index (χ0) is 23.1. The van der Waals surface area contributed by atoms with E-state index >= 15 is 0 Å². The van der Waals surface area contributed by atoms with Gasteiger partial charge in [-0.05, 0) is 34.3 Å². The van der Waals surface area contributed by atoms with Crippen molar-refractivity contribution in [2.24, 2.45) is 5.92 Å². The van der Waals surface area contributed by atoms with Crippen LogP contribution in [-0.4, -0.2) is 62.2 Å². The average Bonchev–Trinajstić information content (AvgIpc) is 3.24. The Hall–Kier alpha value is -2.21. The highest BCUT2D eigenvalue weighted by Gasteiger charge is 2.40. The van der Waals surface area contributed by atoms with E-state index in [9.17, 15) is 26.6 Å². The fourth-order valence-electron chi connectivity index (χ4n) is 4.13. The maximum absolute atomic E-state index is 14.7. The molecule has 0 saturated carbocycles. The van der Waals surface area contributed by atoms with Crippen molar-refractivity contribution in [1.29, 1.82) is 0 Å². The number of hydrogen-bond acceptors (Lipinski definition) is 6. The van der Waals surface area contributed by atoms with E-state index in [0.717, 1.165) is 0 Å². The molecule has 2 aliphatic rings. The molecule has 2 aliphatic heterocycles. The minimum absolute atomic E-state index is 0.0835. The molecule has 0 bridgehead atoms. The van der Waals surface area contributed by atoms with Gasteiger partial charge in [-0.15, -0.1) is 10.2 Å². The highest BCUT2D eigenvalue weighted by Crippen LogP contribution is 2.37. The van der Waals surface area contributed by atoms with Gasteiger partial charge in [0.15, 0.2) is 0 Å². The van der Waals surface area contributed by atoms with Crippen molar-refractivity contribution in [2.45, 2.75) is 25.1 Å². The number of carbonyl (C=O) groups excluding carboxylic acids is 1. The maximum Gasteiger partial charge on any atom is 0.445 e. The topological polar surface area (TPSA) is 66.4 Å². The molecule has 6 nitrogen and oxygen atoms in total. The molecule has 174 valence electrons. The number of benzene rings is 1. The van der Waals surface area contributed by atoms with Gasteiger partial charge in [-0.2, -0.15) is 13.2 Å². The van der Waals surface area contributed by atoms with Crippen molar-refractivity contribution >= 4 is 37.8 Å². The van der Waals surface area contributed by atoms with Gasteiger partial charge in [-0.25, -0.2) is 4.39 Å². The number of alkyl halides is 3. The average molecular weight is 491 g/mol. The molecule has 12 heteroatoms. The summed E-state index contributed by atoms with van der Waals surface area (Å²) in [5.74, 6) is 3.50. The molecule has 3 heterocycles. The molecule has 0 N–H and O–H groups in total. The maximum atomic E-state index is 14.7. The van der Waals surface area contributed by atoms with Crippen LogP contribution < -0.4 is 4.90 Å². The SMILES string of the molecule is C=S1(=O)CCC(C(=O)N2CCN(c3nnc(C(F)(F)F)s3)CC2c2ccccc2F)CC1. The van der Waals surface area contributed by atoms with E-state index in [1.54, 1.807) is 21.9 Å². The van der Waals surface area contributed by atoms with Gasteiger partial charge in [-0.1, -0.05) is 29.5 Å². The predicted molar refractivity (Wildman–Crippen MR) is 116 cm³/mol. The van der Waals surface area contributed by atoms with Crippen molar-refractivity contribution in [3.8, 4) is 0 Å². The summed E-state index contributed by atoms with van der Waals surface area (Å²) in [5.41, 5.74) is 0.294. The van der Waals surface area contributed by atoms with E-state index in [1.807, 2.05) is 0 Å². The van der Waals surface area contributed by atoms with Crippen LogP contribution in [0.25, 0.3) is 0 Å². The number of hydrogen-bond donors (Lipinski definition) is 0. The van der Waals surface area contributed by atoms with Crippen LogP contribution in [0.2, 0.25) is 0 Å². The Labute approximate surface area is 187 Å². The molecule has 1 atom stereocenters. The van der Waals surface area contributed by atoms with Crippen molar-refractivity contribution in [3.63, 3.8) is 0 Å². The molecule has 1 aromatic heterocycles. The number of halogens is 4. The Bertz CT molecular complexity index is 1090. The quantitative estimate of drug-likeness (QED) is 0.488. The highest BCUT2D eigenvalue weighted by atomic mass is 32.2. The summed E-state index contributed by atoms with van der Waals surface area (Å²) in [4.78, 5) is 16.5. The van der Waals surface area contributed by atoms with Gasteiger partial charge < -0.3 is 9.80 Å². The van der Waals surface area contributed by atoms with E-state index < -0.39 is 32.6 Å². The Morgan fingerprint density at radius 2 is 1.84 bits per heavy atom. The summed E-state index contributed by atoms with van der Waals surface area (Å²) in [6.07, 6.45) is -3.68. The first-order valence-electron chi connectivity index (χ1n) is 10.1. The Morgan fingerprint density at radius 3 is 2.47 bits per heavy atom. The first-order chi connectivity index (χ1) is 15.0. The second-order valence-electron chi connectivity index (χ2n) is 8.05. The normalized spacial score (nSPS) is 26.9. The Balaban J connectivity index is 1.60. The van der Waals surface area contributed by atoms with Crippen molar-refractivity contribution in [3.05, 3.63) is 40.7 Å². The lowest BCUT2D eigenvalue weighted by molar-refractivity contribution is -0.139. The van der Waals surface area contributed by atoms with E-state index in [4.69, 9.17) is 0 Å². The zero-order valence-corrected chi connectivity index (χ0v) is 18.7. The smallest absolute Gasteiger partial charge is 0.342 e. The highest BCUT2D eigenvalue weighted by molar-refractivity contribution is 8.00. The van der Waals surface area contributed by atoms with Crippen LogP contribution in [0.5, 0.6) is 0 Å². The largest absolute Gasteiger partial charge is 0.445 e. The van der Waals surface area contributed by atoms with Crippen LogP contribution in [-0.2, 0) is 20.5 Å². The summed E-state index contributed by atoms with van der Waals surface area (Å²) in [7, 11) is -2.15. The molecule has 1 aromatic carbocycles. The first-order valence-corrected chi connectivity index (χ1v) is 13.0. The van der Waals surface area contributed by atoms with Crippen molar-refractivity contribution in [1.82, 2.24) is 15.1 Å². The number of aromatic nitrogens is 2. The number of anilines is 1. The number of amides is 1. The third-order valence-electron chi connectivity index (χ3n) is 5.88. The first kappa shape index (κ1) is 23.0. The molecule has 2 fully saturated rings. The van der Waals surface area contributed by atoms with Crippen LogP contribution in [0, 0.1) is 11.7 Å². The molecule has 1 unspecified atom stereocenters. The van der Waals surface area contributed by atoms with E-state index in [1.165, 1.54) is 12.1 Å². The number of nitrogens with zero attached hydrogens (tertiary/aromatic N) is 4. The minimum Gasteiger partial charge on any atom is -0.342 e. The third-order valence-corrected chi connectivity index (χ3v) is 8.87. The monoisotopic (exact) mass is 490 g/mol. The summed E-state index contributed by atoms with van der Waals surface area (Å²) >= 11 is 0.428. The van der Waals surface area contributed by atoms with Crippen LogP contribution in [0.15, 0.2) is 24.3 Å². The predicted octanol–water partition coefficient (Wildman–Crippen LogP) is 3.21. The van der Waals surface area contributed by atoms with Crippen molar-refractivity contribution in [2.75, 3.05) is 36.0 Å². The Kier molecular flexibility index (Phi) is 6.19. The lowest BCUT2D eigenvalue weighted by Crippen LogP contribution is -2.53. The molecule has 0 radical (unpaired) electrons. The van der Waals surface area contributed by atoms with Crippen LogP contribution in [0.4, 0.5) is 22.7 Å². The van der Waals surface area contributed by atoms with Crippen molar-refractivity contribution < 1.29 is 26.6 Å². The molecule has 2 saturated heterocycles. The lowest BCUT2D eigenvalue weighted by Gasteiger charge is -2.43. The van der Waals surface area contributed by atoms with Crippen LogP contribution >= 0.6 is 11.3 Å².